The molecule has 1 aromatic rings. The predicted octanol–water partition coefficient (Wildman–Crippen LogP) is 5.56. The van der Waals surface area contributed by atoms with Crippen LogP contribution in [0.1, 0.15) is 84.0 Å². The second-order valence-corrected chi connectivity index (χ2v) is 9.88. The van der Waals surface area contributed by atoms with E-state index in [1.54, 1.807) is 0 Å². The van der Waals surface area contributed by atoms with Crippen molar-refractivity contribution in [3.63, 3.8) is 0 Å². The first-order valence-corrected chi connectivity index (χ1v) is 11.6. The second kappa shape index (κ2) is 10.8. The third-order valence-electron chi connectivity index (χ3n) is 5.75. The number of nitrogens with zero attached hydrogens (tertiary/aromatic N) is 2. The summed E-state index contributed by atoms with van der Waals surface area (Å²) in [5.74, 6) is 0.367. The molecule has 5 heteroatoms. The average molecular weight is 416 g/mol. The summed E-state index contributed by atoms with van der Waals surface area (Å²) in [4.78, 5) is 30.0. The number of benzene rings is 1. The van der Waals surface area contributed by atoms with Gasteiger partial charge < -0.3 is 15.1 Å². The molecule has 1 heterocycles. The van der Waals surface area contributed by atoms with Gasteiger partial charge in [-0.25, -0.2) is 0 Å². The summed E-state index contributed by atoms with van der Waals surface area (Å²) >= 11 is 0. The van der Waals surface area contributed by atoms with E-state index in [0.29, 0.717) is 36.7 Å². The molecular formula is C25H41N3O2. The van der Waals surface area contributed by atoms with Gasteiger partial charge in [0, 0.05) is 44.0 Å². The Labute approximate surface area is 183 Å². The monoisotopic (exact) mass is 415 g/mol. The van der Waals surface area contributed by atoms with Crippen LogP contribution in [0.25, 0.3) is 0 Å². The van der Waals surface area contributed by atoms with Gasteiger partial charge in [0.05, 0.1) is 5.56 Å². The Morgan fingerprint density at radius 1 is 1.10 bits per heavy atom. The number of carbonyl (C=O) groups is 2. The molecule has 2 amide bonds. The van der Waals surface area contributed by atoms with Crippen molar-refractivity contribution in [1.82, 2.24) is 4.90 Å². The summed E-state index contributed by atoms with van der Waals surface area (Å²) in [6.07, 6.45) is 5.05. The van der Waals surface area contributed by atoms with Gasteiger partial charge in [0.25, 0.3) is 5.91 Å². The lowest BCUT2D eigenvalue weighted by molar-refractivity contribution is -0.117. The molecule has 168 valence electrons. The number of amides is 2. The van der Waals surface area contributed by atoms with Crippen LogP contribution in [0, 0.1) is 11.3 Å². The molecule has 1 atom stereocenters. The lowest BCUT2D eigenvalue weighted by Gasteiger charge is -2.31. The molecule has 1 saturated heterocycles. The smallest absolute Gasteiger partial charge is 0.256 e. The van der Waals surface area contributed by atoms with Crippen LogP contribution in [0.15, 0.2) is 18.2 Å². The van der Waals surface area contributed by atoms with E-state index in [2.05, 4.69) is 37.9 Å². The van der Waals surface area contributed by atoms with Crippen LogP contribution in [-0.4, -0.2) is 42.9 Å². The molecule has 1 fully saturated rings. The Hall–Kier alpha value is -2.04. The van der Waals surface area contributed by atoms with Gasteiger partial charge in [-0.3, -0.25) is 9.59 Å². The van der Waals surface area contributed by atoms with E-state index in [1.165, 1.54) is 6.42 Å². The number of hydrogen-bond donors (Lipinski definition) is 1. The van der Waals surface area contributed by atoms with Gasteiger partial charge in [-0.1, -0.05) is 27.7 Å². The van der Waals surface area contributed by atoms with E-state index in [4.69, 9.17) is 0 Å². The van der Waals surface area contributed by atoms with E-state index in [9.17, 15) is 9.59 Å². The molecule has 1 aliphatic heterocycles. The lowest BCUT2D eigenvalue weighted by atomic mass is 9.84. The molecule has 0 saturated carbocycles. The third kappa shape index (κ3) is 7.03. The normalized spacial score (nSPS) is 15.6. The summed E-state index contributed by atoms with van der Waals surface area (Å²) in [5, 5.41) is 3.03. The Kier molecular flexibility index (Phi) is 8.75. The van der Waals surface area contributed by atoms with Crippen LogP contribution < -0.4 is 10.2 Å². The molecule has 1 aliphatic rings. The van der Waals surface area contributed by atoms with E-state index < -0.39 is 0 Å². The van der Waals surface area contributed by atoms with Crippen LogP contribution in [0.2, 0.25) is 0 Å². The van der Waals surface area contributed by atoms with Gasteiger partial charge in [0.2, 0.25) is 5.91 Å². The number of rotatable bonds is 8. The molecule has 2 rings (SSSR count). The van der Waals surface area contributed by atoms with Crippen LogP contribution >= 0.6 is 0 Å². The van der Waals surface area contributed by atoms with Gasteiger partial charge >= 0.3 is 0 Å². The van der Waals surface area contributed by atoms with Gasteiger partial charge in [-0.05, 0) is 69.1 Å². The molecule has 30 heavy (non-hydrogen) atoms. The molecule has 1 aromatic carbocycles. The minimum atomic E-state index is 0.0127. The van der Waals surface area contributed by atoms with Crippen LogP contribution in [0.3, 0.4) is 0 Å². The van der Waals surface area contributed by atoms with Crippen LogP contribution in [-0.2, 0) is 4.79 Å². The molecule has 0 unspecified atom stereocenters. The van der Waals surface area contributed by atoms with Crippen molar-refractivity contribution in [2.45, 2.75) is 73.6 Å². The van der Waals surface area contributed by atoms with E-state index in [1.807, 2.05) is 36.9 Å². The number of anilines is 2. The zero-order chi connectivity index (χ0) is 22.3. The highest BCUT2D eigenvalue weighted by molar-refractivity contribution is 6.02. The minimum absolute atomic E-state index is 0.0127. The van der Waals surface area contributed by atoms with Gasteiger partial charge in [-0.15, -0.1) is 0 Å². The fourth-order valence-electron chi connectivity index (χ4n) is 4.52. The molecule has 0 radical (unpaired) electrons. The van der Waals surface area contributed by atoms with Crippen LogP contribution in [0.5, 0.6) is 0 Å². The zero-order valence-corrected chi connectivity index (χ0v) is 19.9. The quantitative estimate of drug-likeness (QED) is 0.605. The first kappa shape index (κ1) is 24.2. The fourth-order valence-corrected chi connectivity index (χ4v) is 4.52. The number of nitrogens with one attached hydrogen (secondary N) is 1. The Bertz CT molecular complexity index is 714. The highest BCUT2D eigenvalue weighted by Crippen LogP contribution is 2.29. The second-order valence-electron chi connectivity index (χ2n) is 9.88. The van der Waals surface area contributed by atoms with Crippen molar-refractivity contribution in [3.8, 4) is 0 Å². The van der Waals surface area contributed by atoms with Crippen molar-refractivity contribution in [2.24, 2.45) is 11.3 Å². The Balaban J connectivity index is 2.21. The van der Waals surface area contributed by atoms with Crippen molar-refractivity contribution in [3.05, 3.63) is 23.8 Å². The fraction of sp³-hybridized carbons (Fsp3) is 0.680. The van der Waals surface area contributed by atoms with E-state index in [0.717, 1.165) is 38.0 Å². The van der Waals surface area contributed by atoms with Gasteiger partial charge in [0.1, 0.15) is 0 Å². The van der Waals surface area contributed by atoms with Crippen molar-refractivity contribution < 1.29 is 9.59 Å². The number of piperidine rings is 1. The largest absolute Gasteiger partial charge is 0.371 e. The van der Waals surface area contributed by atoms with E-state index >= 15 is 0 Å². The molecular weight excluding hydrogens is 374 g/mol. The van der Waals surface area contributed by atoms with Crippen molar-refractivity contribution in [2.75, 3.05) is 36.4 Å². The molecule has 0 aromatic heterocycles. The van der Waals surface area contributed by atoms with E-state index in [-0.39, 0.29) is 17.2 Å². The lowest BCUT2D eigenvalue weighted by Crippen LogP contribution is -2.35. The summed E-state index contributed by atoms with van der Waals surface area (Å²) < 4.78 is 0. The molecule has 5 nitrogen and oxygen atoms in total. The van der Waals surface area contributed by atoms with Crippen molar-refractivity contribution >= 4 is 23.2 Å². The predicted molar refractivity (Wildman–Crippen MR) is 126 cm³/mol. The molecule has 1 N–H and O–H groups in total. The van der Waals surface area contributed by atoms with Crippen LogP contribution in [0.4, 0.5) is 11.4 Å². The highest BCUT2D eigenvalue weighted by atomic mass is 16.2. The maximum atomic E-state index is 13.2. The first-order valence-electron chi connectivity index (χ1n) is 11.6. The Morgan fingerprint density at radius 3 is 2.30 bits per heavy atom. The minimum Gasteiger partial charge on any atom is -0.371 e. The molecule has 0 aliphatic carbocycles. The van der Waals surface area contributed by atoms with Gasteiger partial charge in [-0.2, -0.15) is 0 Å². The maximum absolute atomic E-state index is 13.2. The SMILES string of the molecule is CCN(CC)C(=O)c1cc(NC(=O)C[C@H](C)CC(C)(C)C)ccc1N1CCCCC1. The number of hydrogen-bond acceptors (Lipinski definition) is 3. The zero-order valence-electron chi connectivity index (χ0n) is 19.9. The summed E-state index contributed by atoms with van der Waals surface area (Å²) in [6.45, 7) is 16.0. The standard InChI is InChI=1S/C25H41N3O2/c1-7-27(8-2)24(30)21-17-20(12-13-22(21)28-14-10-9-11-15-28)26-23(29)16-19(3)18-25(4,5)6/h12-13,17,19H,7-11,14-16,18H2,1-6H3,(H,26,29)/t19-/m0/s1. The van der Waals surface area contributed by atoms with Gasteiger partial charge in [0.15, 0.2) is 0 Å². The molecule has 0 bridgehead atoms. The summed E-state index contributed by atoms with van der Waals surface area (Å²) in [7, 11) is 0. The Morgan fingerprint density at radius 2 is 1.73 bits per heavy atom. The maximum Gasteiger partial charge on any atom is 0.256 e. The highest BCUT2D eigenvalue weighted by Gasteiger charge is 2.23. The first-order chi connectivity index (χ1) is 14.1. The summed E-state index contributed by atoms with van der Waals surface area (Å²) in [5.41, 5.74) is 2.60. The van der Waals surface area contributed by atoms with Crippen molar-refractivity contribution in [1.29, 1.82) is 0 Å². The molecule has 0 spiro atoms. The summed E-state index contributed by atoms with van der Waals surface area (Å²) in [6, 6.07) is 5.82. The topological polar surface area (TPSA) is 52.7 Å². The number of carbonyl (C=O) groups excluding carboxylic acids is 2. The average Bonchev–Trinajstić information content (AvgIpc) is 2.67. The third-order valence-corrected chi connectivity index (χ3v) is 5.75.